The van der Waals surface area contributed by atoms with Crippen molar-refractivity contribution in [2.24, 2.45) is 0 Å². The van der Waals surface area contributed by atoms with Crippen LogP contribution < -0.4 is 9.64 Å². The van der Waals surface area contributed by atoms with E-state index >= 15 is 0 Å². The van der Waals surface area contributed by atoms with Gasteiger partial charge in [0.25, 0.3) is 5.91 Å². The van der Waals surface area contributed by atoms with Gasteiger partial charge in [0.05, 0.1) is 12.2 Å². The molecule has 4 rings (SSSR count). The van der Waals surface area contributed by atoms with E-state index in [1.807, 2.05) is 48.5 Å². The Morgan fingerprint density at radius 3 is 2.61 bits per heavy atom. The van der Waals surface area contributed by atoms with Crippen LogP contribution in [0.25, 0.3) is 10.8 Å². The smallest absolute Gasteiger partial charge is 0.259 e. The van der Waals surface area contributed by atoms with Crippen LogP contribution in [0.1, 0.15) is 10.4 Å². The fraction of sp³-hybridized carbons (Fsp3) is 0.105. The van der Waals surface area contributed by atoms with Gasteiger partial charge in [0.2, 0.25) is 0 Å². The van der Waals surface area contributed by atoms with Gasteiger partial charge in [-0.2, -0.15) is 0 Å². The highest BCUT2D eigenvalue weighted by Gasteiger charge is 2.29. The van der Waals surface area contributed by atoms with Gasteiger partial charge in [-0.1, -0.05) is 41.9 Å². The molecular formula is C19H14ClNO2. The summed E-state index contributed by atoms with van der Waals surface area (Å²) >= 11 is 5.94. The second-order valence-corrected chi connectivity index (χ2v) is 5.88. The molecule has 3 nitrogen and oxygen atoms in total. The standard InChI is InChI=1S/C19H14ClNO2/c20-14-6-3-7-15(12-14)23-11-10-21-17-9-2-5-13-4-1-8-16(18(13)17)19(21)22/h1-9,12H,10-11H2. The Balaban J connectivity index is 1.55. The van der Waals surface area contributed by atoms with Gasteiger partial charge in [0, 0.05) is 16.0 Å². The minimum absolute atomic E-state index is 0.0338. The highest BCUT2D eigenvalue weighted by molar-refractivity contribution is 6.30. The summed E-state index contributed by atoms with van der Waals surface area (Å²) in [6, 6.07) is 19.1. The molecule has 0 spiro atoms. The maximum absolute atomic E-state index is 12.6. The Kier molecular flexibility index (Phi) is 3.43. The lowest BCUT2D eigenvalue weighted by atomic mass is 10.1. The molecule has 0 saturated carbocycles. The third kappa shape index (κ3) is 2.43. The van der Waals surface area contributed by atoms with Crippen molar-refractivity contribution in [3.8, 4) is 5.75 Å². The Hall–Kier alpha value is -2.52. The van der Waals surface area contributed by atoms with Crippen molar-refractivity contribution < 1.29 is 9.53 Å². The van der Waals surface area contributed by atoms with E-state index in [4.69, 9.17) is 16.3 Å². The number of carbonyl (C=O) groups excluding carboxylic acids is 1. The zero-order valence-electron chi connectivity index (χ0n) is 12.3. The van der Waals surface area contributed by atoms with Crippen LogP contribution in [-0.4, -0.2) is 19.1 Å². The van der Waals surface area contributed by atoms with Crippen molar-refractivity contribution in [2.75, 3.05) is 18.1 Å². The number of carbonyl (C=O) groups is 1. The van der Waals surface area contributed by atoms with E-state index in [2.05, 4.69) is 0 Å². The Morgan fingerprint density at radius 2 is 1.78 bits per heavy atom. The molecule has 3 aromatic rings. The normalized spacial score (nSPS) is 12.9. The van der Waals surface area contributed by atoms with Gasteiger partial charge >= 0.3 is 0 Å². The van der Waals surface area contributed by atoms with Gasteiger partial charge in [-0.25, -0.2) is 0 Å². The Morgan fingerprint density at radius 1 is 1.00 bits per heavy atom. The minimum atomic E-state index is 0.0338. The first-order valence-electron chi connectivity index (χ1n) is 7.46. The number of hydrogen-bond donors (Lipinski definition) is 0. The molecule has 1 aliphatic heterocycles. The molecule has 0 atom stereocenters. The number of benzene rings is 3. The number of ether oxygens (including phenoxy) is 1. The number of nitrogens with zero attached hydrogens (tertiary/aromatic N) is 1. The molecule has 0 bridgehead atoms. The van der Waals surface area contributed by atoms with E-state index in [0.29, 0.717) is 23.9 Å². The van der Waals surface area contributed by atoms with Crippen LogP contribution >= 0.6 is 11.6 Å². The molecule has 0 unspecified atom stereocenters. The first-order valence-corrected chi connectivity index (χ1v) is 7.84. The van der Waals surface area contributed by atoms with Gasteiger partial charge in [-0.3, -0.25) is 4.79 Å². The molecule has 0 N–H and O–H groups in total. The Bertz CT molecular complexity index is 902. The fourth-order valence-corrected chi connectivity index (χ4v) is 3.19. The Labute approximate surface area is 139 Å². The summed E-state index contributed by atoms with van der Waals surface area (Å²) in [5.74, 6) is 0.742. The second-order valence-electron chi connectivity index (χ2n) is 5.44. The third-order valence-electron chi connectivity index (χ3n) is 4.03. The van der Waals surface area contributed by atoms with Gasteiger partial charge in [-0.05, 0) is 35.7 Å². The summed E-state index contributed by atoms with van der Waals surface area (Å²) in [7, 11) is 0. The van der Waals surface area contributed by atoms with E-state index < -0.39 is 0 Å². The van der Waals surface area contributed by atoms with E-state index in [1.165, 1.54) is 0 Å². The van der Waals surface area contributed by atoms with E-state index in [0.717, 1.165) is 22.0 Å². The average Bonchev–Trinajstić information content (AvgIpc) is 2.83. The van der Waals surface area contributed by atoms with Gasteiger partial charge in [0.1, 0.15) is 12.4 Å². The lowest BCUT2D eigenvalue weighted by Gasteiger charge is -2.18. The molecular weight excluding hydrogens is 310 g/mol. The SMILES string of the molecule is O=C1c2cccc3cccc(c23)N1CCOc1cccc(Cl)c1. The summed E-state index contributed by atoms with van der Waals surface area (Å²) in [4.78, 5) is 14.4. The predicted octanol–water partition coefficient (Wildman–Crippen LogP) is 4.53. The lowest BCUT2D eigenvalue weighted by molar-refractivity contribution is 0.0989. The first kappa shape index (κ1) is 14.1. The molecule has 0 aromatic heterocycles. The van der Waals surface area contributed by atoms with Gasteiger partial charge in [-0.15, -0.1) is 0 Å². The molecule has 0 saturated heterocycles. The molecule has 1 amide bonds. The van der Waals surface area contributed by atoms with Crippen LogP contribution in [-0.2, 0) is 0 Å². The molecule has 114 valence electrons. The van der Waals surface area contributed by atoms with Crippen molar-refractivity contribution in [1.82, 2.24) is 0 Å². The number of hydrogen-bond acceptors (Lipinski definition) is 2. The highest BCUT2D eigenvalue weighted by Crippen LogP contribution is 2.36. The van der Waals surface area contributed by atoms with E-state index in [1.54, 1.807) is 17.0 Å². The van der Waals surface area contributed by atoms with Crippen LogP contribution in [0.2, 0.25) is 5.02 Å². The van der Waals surface area contributed by atoms with Crippen LogP contribution in [0.3, 0.4) is 0 Å². The predicted molar refractivity (Wildman–Crippen MR) is 92.6 cm³/mol. The average molecular weight is 324 g/mol. The molecule has 0 aliphatic carbocycles. The maximum Gasteiger partial charge on any atom is 0.259 e. The van der Waals surface area contributed by atoms with Crippen molar-refractivity contribution in [3.63, 3.8) is 0 Å². The number of anilines is 1. The monoisotopic (exact) mass is 323 g/mol. The number of amides is 1. The minimum Gasteiger partial charge on any atom is -0.492 e. The van der Waals surface area contributed by atoms with Crippen LogP contribution in [0.4, 0.5) is 5.69 Å². The van der Waals surface area contributed by atoms with E-state index in [9.17, 15) is 4.79 Å². The third-order valence-corrected chi connectivity index (χ3v) is 4.26. The van der Waals surface area contributed by atoms with Gasteiger partial charge < -0.3 is 9.64 Å². The van der Waals surface area contributed by atoms with Crippen molar-refractivity contribution >= 4 is 34.0 Å². The zero-order chi connectivity index (χ0) is 15.8. The van der Waals surface area contributed by atoms with Crippen molar-refractivity contribution in [2.45, 2.75) is 0 Å². The zero-order valence-corrected chi connectivity index (χ0v) is 13.1. The second kappa shape index (κ2) is 5.60. The molecule has 4 heteroatoms. The van der Waals surface area contributed by atoms with Gasteiger partial charge in [0.15, 0.2) is 0 Å². The lowest BCUT2D eigenvalue weighted by Crippen LogP contribution is -2.31. The van der Waals surface area contributed by atoms with Crippen LogP contribution in [0, 0.1) is 0 Å². The topological polar surface area (TPSA) is 29.5 Å². The summed E-state index contributed by atoms with van der Waals surface area (Å²) in [6.45, 7) is 0.912. The fourth-order valence-electron chi connectivity index (χ4n) is 3.01. The maximum atomic E-state index is 12.6. The summed E-state index contributed by atoms with van der Waals surface area (Å²) in [5, 5.41) is 2.76. The molecule has 0 fully saturated rings. The molecule has 3 aromatic carbocycles. The molecule has 23 heavy (non-hydrogen) atoms. The van der Waals surface area contributed by atoms with Crippen molar-refractivity contribution in [1.29, 1.82) is 0 Å². The summed E-state index contributed by atoms with van der Waals surface area (Å²) < 4.78 is 5.71. The summed E-state index contributed by atoms with van der Waals surface area (Å²) in [6.07, 6.45) is 0. The highest BCUT2D eigenvalue weighted by atomic mass is 35.5. The largest absolute Gasteiger partial charge is 0.492 e. The van der Waals surface area contributed by atoms with Crippen molar-refractivity contribution in [3.05, 3.63) is 71.2 Å². The molecule has 0 radical (unpaired) electrons. The van der Waals surface area contributed by atoms with Crippen LogP contribution in [0.15, 0.2) is 60.7 Å². The van der Waals surface area contributed by atoms with Crippen LogP contribution in [0.5, 0.6) is 5.75 Å². The molecule has 1 heterocycles. The number of rotatable bonds is 4. The molecule has 1 aliphatic rings. The quantitative estimate of drug-likeness (QED) is 0.706. The summed E-state index contributed by atoms with van der Waals surface area (Å²) in [5.41, 5.74) is 1.72. The first-order chi connectivity index (χ1) is 11.2. The number of halogens is 1. The van der Waals surface area contributed by atoms with E-state index in [-0.39, 0.29) is 5.91 Å².